The van der Waals surface area contributed by atoms with Gasteiger partial charge >= 0.3 is 5.97 Å². The number of rotatable bonds is 10. The van der Waals surface area contributed by atoms with Crippen LogP contribution in [0.25, 0.3) is 11.4 Å². The van der Waals surface area contributed by atoms with Crippen LogP contribution < -0.4 is 19.5 Å². The highest BCUT2D eigenvalue weighted by Crippen LogP contribution is 2.41. The van der Waals surface area contributed by atoms with E-state index in [1.54, 1.807) is 21.3 Å². The number of thioether (sulfide) groups is 1. The van der Waals surface area contributed by atoms with E-state index in [1.807, 2.05) is 23.6 Å². The number of hydrogen-bond donors (Lipinski definition) is 1. The lowest BCUT2D eigenvalue weighted by atomic mass is 10.1. The van der Waals surface area contributed by atoms with Crippen molar-refractivity contribution in [2.45, 2.75) is 50.7 Å². The molecule has 10 nitrogen and oxygen atoms in total. The van der Waals surface area contributed by atoms with E-state index in [-0.39, 0.29) is 11.7 Å². The van der Waals surface area contributed by atoms with Gasteiger partial charge in [-0.25, -0.2) is 4.79 Å². The van der Waals surface area contributed by atoms with Crippen molar-refractivity contribution >= 4 is 40.0 Å². The fourth-order valence-electron chi connectivity index (χ4n) is 4.55. The molecule has 4 rings (SSSR count). The van der Waals surface area contributed by atoms with E-state index in [1.165, 1.54) is 30.2 Å². The van der Waals surface area contributed by atoms with Gasteiger partial charge in [0.25, 0.3) is 0 Å². The Morgan fingerprint density at radius 1 is 1.03 bits per heavy atom. The number of fused-ring (bicyclic) bond motifs is 1. The van der Waals surface area contributed by atoms with Gasteiger partial charge in [0, 0.05) is 17.0 Å². The third-order valence-corrected chi connectivity index (χ3v) is 8.53. The van der Waals surface area contributed by atoms with Gasteiger partial charge in [-0.1, -0.05) is 18.2 Å². The Morgan fingerprint density at radius 2 is 1.74 bits per heavy atom. The van der Waals surface area contributed by atoms with Crippen molar-refractivity contribution in [2.75, 3.05) is 39.5 Å². The second kappa shape index (κ2) is 12.5. The third kappa shape index (κ3) is 5.60. The molecule has 0 fully saturated rings. The molecule has 0 saturated carbocycles. The summed E-state index contributed by atoms with van der Waals surface area (Å²) < 4.78 is 23.3. The third-order valence-electron chi connectivity index (χ3n) is 6.35. The molecule has 0 saturated heterocycles. The molecule has 2 heterocycles. The first kappa shape index (κ1) is 27.8. The number of carbonyl (C=O) groups is 2. The summed E-state index contributed by atoms with van der Waals surface area (Å²) in [4.78, 5) is 26.7. The molecule has 2 aromatic heterocycles. The number of esters is 1. The highest BCUT2D eigenvalue weighted by Gasteiger charge is 2.26. The van der Waals surface area contributed by atoms with Crippen molar-refractivity contribution in [3.63, 3.8) is 0 Å². The highest BCUT2D eigenvalue weighted by atomic mass is 32.2. The summed E-state index contributed by atoms with van der Waals surface area (Å²) >= 11 is 2.76. The number of hydrogen-bond acceptors (Lipinski definition) is 10. The fourth-order valence-corrected chi connectivity index (χ4v) is 6.64. The number of carbonyl (C=O) groups excluding carboxylic acids is 2. The Bertz CT molecular complexity index is 1290. The van der Waals surface area contributed by atoms with E-state index in [0.29, 0.717) is 45.3 Å². The summed E-state index contributed by atoms with van der Waals surface area (Å²) in [5.41, 5.74) is 2.25. The first-order chi connectivity index (χ1) is 18.4. The van der Waals surface area contributed by atoms with Gasteiger partial charge in [0.1, 0.15) is 5.00 Å². The van der Waals surface area contributed by atoms with E-state index in [2.05, 4.69) is 15.5 Å². The van der Waals surface area contributed by atoms with Crippen LogP contribution in [0.5, 0.6) is 17.2 Å². The number of thiophene rings is 1. The zero-order valence-electron chi connectivity index (χ0n) is 22.2. The summed E-state index contributed by atoms with van der Waals surface area (Å²) in [6, 6.07) is 3.63. The molecular weight excluding hydrogens is 528 g/mol. The topological polar surface area (TPSA) is 114 Å². The van der Waals surface area contributed by atoms with Gasteiger partial charge in [-0.3, -0.25) is 4.79 Å². The summed E-state index contributed by atoms with van der Waals surface area (Å²) in [5.74, 6) is 1.60. The molecule has 1 N–H and O–H groups in total. The van der Waals surface area contributed by atoms with Gasteiger partial charge < -0.3 is 28.8 Å². The number of amides is 1. The molecule has 1 aliphatic rings. The van der Waals surface area contributed by atoms with Gasteiger partial charge in [0.15, 0.2) is 22.5 Å². The Balaban J connectivity index is 1.53. The summed E-state index contributed by atoms with van der Waals surface area (Å²) in [6.45, 7) is 2.57. The van der Waals surface area contributed by atoms with Crippen LogP contribution in [0.1, 0.15) is 47.0 Å². The lowest BCUT2D eigenvalue weighted by Crippen LogP contribution is -2.16. The molecule has 1 aliphatic carbocycles. The first-order valence-electron chi connectivity index (χ1n) is 12.3. The van der Waals surface area contributed by atoms with Crippen molar-refractivity contribution < 1.29 is 28.5 Å². The normalized spacial score (nSPS) is 12.9. The molecule has 1 aromatic carbocycles. The van der Waals surface area contributed by atoms with Crippen molar-refractivity contribution in [2.24, 2.45) is 0 Å². The Morgan fingerprint density at radius 3 is 2.37 bits per heavy atom. The van der Waals surface area contributed by atoms with Gasteiger partial charge in [0.2, 0.25) is 11.7 Å². The largest absolute Gasteiger partial charge is 0.493 e. The van der Waals surface area contributed by atoms with Crippen LogP contribution >= 0.6 is 23.1 Å². The first-order valence-corrected chi connectivity index (χ1v) is 14.1. The zero-order chi connectivity index (χ0) is 27.2. The molecule has 0 radical (unpaired) electrons. The van der Waals surface area contributed by atoms with Crippen LogP contribution in [0.15, 0.2) is 17.3 Å². The van der Waals surface area contributed by atoms with Gasteiger partial charge in [0.05, 0.1) is 39.8 Å². The summed E-state index contributed by atoms with van der Waals surface area (Å²) in [5, 5.41) is 12.8. The van der Waals surface area contributed by atoms with Crippen molar-refractivity contribution in [3.8, 4) is 28.6 Å². The maximum atomic E-state index is 13.0. The molecule has 0 atom stereocenters. The number of ether oxygens (including phenoxy) is 4. The summed E-state index contributed by atoms with van der Waals surface area (Å²) in [6.07, 6.45) is 4.98. The second-order valence-corrected chi connectivity index (χ2v) is 10.6. The van der Waals surface area contributed by atoms with E-state index < -0.39 is 5.97 Å². The minimum atomic E-state index is -0.409. The standard InChI is InChI=1S/C26H32N4O6S2/c1-6-30-23(15-12-17(33-2)22(35-4)18(13-15)34-3)28-29-26(30)37-14-20(31)27-24-21(25(32)36-5)16-10-8-7-9-11-19(16)38-24/h12-13H,6-11,14H2,1-5H3,(H,27,31). The number of aryl methyl sites for hydroxylation is 1. The lowest BCUT2D eigenvalue weighted by Gasteiger charge is -2.14. The van der Waals surface area contributed by atoms with E-state index in [4.69, 9.17) is 18.9 Å². The van der Waals surface area contributed by atoms with Gasteiger partial charge in [-0.05, 0) is 50.3 Å². The van der Waals surface area contributed by atoms with Gasteiger partial charge in [-0.2, -0.15) is 0 Å². The van der Waals surface area contributed by atoms with Crippen LogP contribution in [-0.2, 0) is 28.9 Å². The van der Waals surface area contributed by atoms with Crippen LogP contribution in [0.2, 0.25) is 0 Å². The van der Waals surface area contributed by atoms with E-state index >= 15 is 0 Å². The molecular formula is C26H32N4O6S2. The van der Waals surface area contributed by atoms with Crippen molar-refractivity contribution in [3.05, 3.63) is 28.1 Å². The molecule has 3 aromatic rings. The van der Waals surface area contributed by atoms with Crippen LogP contribution in [0.3, 0.4) is 0 Å². The number of nitrogens with one attached hydrogen (secondary N) is 1. The highest BCUT2D eigenvalue weighted by molar-refractivity contribution is 7.99. The van der Waals surface area contributed by atoms with Crippen molar-refractivity contribution in [1.29, 1.82) is 0 Å². The number of methoxy groups -OCH3 is 4. The van der Waals surface area contributed by atoms with E-state index in [0.717, 1.165) is 48.1 Å². The van der Waals surface area contributed by atoms with Crippen LogP contribution in [-0.4, -0.2) is 60.8 Å². The number of nitrogens with zero attached hydrogens (tertiary/aromatic N) is 3. The monoisotopic (exact) mass is 560 g/mol. The minimum Gasteiger partial charge on any atom is -0.493 e. The minimum absolute atomic E-state index is 0.108. The SMILES string of the molecule is CCn1c(SCC(=O)Nc2sc3c(c2C(=O)OC)CCCCC3)nnc1-c1cc(OC)c(OC)c(OC)c1. The maximum absolute atomic E-state index is 13.0. The maximum Gasteiger partial charge on any atom is 0.341 e. The van der Waals surface area contributed by atoms with E-state index in [9.17, 15) is 9.59 Å². The number of benzene rings is 1. The average molecular weight is 561 g/mol. The smallest absolute Gasteiger partial charge is 0.341 e. The molecule has 0 bridgehead atoms. The second-order valence-electron chi connectivity index (χ2n) is 8.56. The van der Waals surface area contributed by atoms with Crippen molar-refractivity contribution in [1.82, 2.24) is 14.8 Å². The Kier molecular flexibility index (Phi) is 9.16. The molecule has 12 heteroatoms. The Hall–Kier alpha value is -3.25. The molecule has 0 aliphatic heterocycles. The quantitative estimate of drug-likeness (QED) is 0.211. The summed E-state index contributed by atoms with van der Waals surface area (Å²) in [7, 11) is 6.04. The molecule has 0 unspecified atom stereocenters. The average Bonchev–Trinajstić information content (AvgIpc) is 3.42. The molecule has 0 spiro atoms. The predicted molar refractivity (Wildman–Crippen MR) is 147 cm³/mol. The van der Waals surface area contributed by atoms with Crippen LogP contribution in [0, 0.1) is 0 Å². The lowest BCUT2D eigenvalue weighted by molar-refractivity contribution is -0.113. The number of aromatic nitrogens is 3. The Labute approximate surface area is 230 Å². The van der Waals surface area contributed by atoms with Gasteiger partial charge in [-0.15, -0.1) is 21.5 Å². The molecule has 204 valence electrons. The number of anilines is 1. The zero-order valence-corrected chi connectivity index (χ0v) is 23.8. The van der Waals surface area contributed by atoms with Crippen LogP contribution in [0.4, 0.5) is 5.00 Å². The molecule has 38 heavy (non-hydrogen) atoms. The predicted octanol–water partition coefficient (Wildman–Crippen LogP) is 4.84. The molecule has 1 amide bonds. The fraction of sp³-hybridized carbons (Fsp3) is 0.462.